The summed E-state index contributed by atoms with van der Waals surface area (Å²) in [6.07, 6.45) is 3.69. The van der Waals surface area contributed by atoms with Crippen LogP contribution in [0.3, 0.4) is 0 Å². The second-order valence-corrected chi connectivity index (χ2v) is 3.56. The highest BCUT2D eigenvalue weighted by Gasteiger charge is 2.36. The predicted molar refractivity (Wildman–Crippen MR) is 50.3 cm³/mol. The molecule has 0 heterocycles. The molecule has 1 aliphatic carbocycles. The standard InChI is InChI=1S/C9H18N2O2/c1-13-9(4-2-5-9)7-11-8(12)3-6-10/h2-7,10H2,1H3,(H,11,12). The first-order valence-corrected chi connectivity index (χ1v) is 4.74. The zero-order valence-electron chi connectivity index (χ0n) is 8.14. The summed E-state index contributed by atoms with van der Waals surface area (Å²) in [6.45, 7) is 1.04. The van der Waals surface area contributed by atoms with Crippen LogP contribution < -0.4 is 11.1 Å². The number of hydrogen-bond acceptors (Lipinski definition) is 3. The molecule has 0 bridgehead atoms. The minimum absolute atomic E-state index is 0.0193. The first-order chi connectivity index (χ1) is 6.22. The molecule has 4 heteroatoms. The number of amides is 1. The predicted octanol–water partition coefficient (Wildman–Crippen LogP) is 0.0205. The van der Waals surface area contributed by atoms with Gasteiger partial charge in [-0.15, -0.1) is 0 Å². The Morgan fingerprint density at radius 1 is 1.62 bits per heavy atom. The van der Waals surface area contributed by atoms with Crippen LogP contribution in [0.2, 0.25) is 0 Å². The molecular formula is C9H18N2O2. The number of methoxy groups -OCH3 is 1. The SMILES string of the molecule is COC1(CNC(=O)CCN)CCC1. The monoisotopic (exact) mass is 186 g/mol. The maximum absolute atomic E-state index is 11.1. The zero-order valence-corrected chi connectivity index (χ0v) is 8.14. The fourth-order valence-corrected chi connectivity index (χ4v) is 1.50. The number of ether oxygens (including phenoxy) is 1. The smallest absolute Gasteiger partial charge is 0.221 e. The zero-order chi connectivity index (χ0) is 9.73. The molecule has 0 aromatic heterocycles. The summed E-state index contributed by atoms with van der Waals surface area (Å²) in [4.78, 5) is 11.1. The lowest BCUT2D eigenvalue weighted by atomic mass is 9.80. The molecule has 76 valence electrons. The van der Waals surface area contributed by atoms with Gasteiger partial charge in [-0.1, -0.05) is 0 Å². The molecule has 0 spiro atoms. The van der Waals surface area contributed by atoms with E-state index in [2.05, 4.69) is 5.32 Å². The molecule has 3 N–H and O–H groups in total. The van der Waals surface area contributed by atoms with Gasteiger partial charge < -0.3 is 15.8 Å². The third kappa shape index (κ3) is 2.67. The van der Waals surface area contributed by atoms with Gasteiger partial charge in [-0.05, 0) is 19.3 Å². The molecule has 0 aromatic rings. The molecule has 1 rings (SSSR count). The minimum Gasteiger partial charge on any atom is -0.376 e. The molecule has 0 radical (unpaired) electrons. The summed E-state index contributed by atoms with van der Waals surface area (Å²) in [7, 11) is 1.70. The van der Waals surface area contributed by atoms with E-state index in [-0.39, 0.29) is 11.5 Å². The van der Waals surface area contributed by atoms with E-state index < -0.39 is 0 Å². The lowest BCUT2D eigenvalue weighted by molar-refractivity contribution is -0.124. The third-order valence-electron chi connectivity index (χ3n) is 2.68. The van der Waals surface area contributed by atoms with E-state index in [4.69, 9.17) is 10.5 Å². The van der Waals surface area contributed by atoms with Crippen molar-refractivity contribution in [2.75, 3.05) is 20.2 Å². The quantitative estimate of drug-likeness (QED) is 0.636. The molecule has 0 unspecified atom stereocenters. The molecule has 0 saturated heterocycles. The van der Waals surface area contributed by atoms with E-state index >= 15 is 0 Å². The lowest BCUT2D eigenvalue weighted by Crippen LogP contribution is -2.49. The number of nitrogens with two attached hydrogens (primary N) is 1. The van der Waals surface area contributed by atoms with Gasteiger partial charge in [0.2, 0.25) is 5.91 Å². The van der Waals surface area contributed by atoms with E-state index in [1.165, 1.54) is 6.42 Å². The topological polar surface area (TPSA) is 64.3 Å². The van der Waals surface area contributed by atoms with Crippen LogP contribution in [0.15, 0.2) is 0 Å². The van der Waals surface area contributed by atoms with E-state index in [9.17, 15) is 4.79 Å². The van der Waals surface area contributed by atoms with Gasteiger partial charge in [0.05, 0.1) is 5.60 Å². The second-order valence-electron chi connectivity index (χ2n) is 3.56. The van der Waals surface area contributed by atoms with Gasteiger partial charge in [-0.2, -0.15) is 0 Å². The van der Waals surface area contributed by atoms with Crippen LogP contribution in [0.5, 0.6) is 0 Å². The molecular weight excluding hydrogens is 168 g/mol. The first-order valence-electron chi connectivity index (χ1n) is 4.74. The van der Waals surface area contributed by atoms with Crippen LogP contribution in [0.25, 0.3) is 0 Å². The summed E-state index contributed by atoms with van der Waals surface area (Å²) in [5.74, 6) is 0.0193. The van der Waals surface area contributed by atoms with Crippen LogP contribution in [-0.2, 0) is 9.53 Å². The number of carbonyl (C=O) groups excluding carboxylic acids is 1. The largest absolute Gasteiger partial charge is 0.376 e. The Kier molecular flexibility index (Phi) is 3.69. The number of hydrogen-bond donors (Lipinski definition) is 2. The molecule has 1 saturated carbocycles. The Hall–Kier alpha value is -0.610. The molecule has 0 atom stereocenters. The van der Waals surface area contributed by atoms with Crippen molar-refractivity contribution in [3.05, 3.63) is 0 Å². The van der Waals surface area contributed by atoms with E-state index in [1.54, 1.807) is 7.11 Å². The van der Waals surface area contributed by atoms with Gasteiger partial charge in [-0.3, -0.25) is 4.79 Å². The normalized spacial score (nSPS) is 19.2. The van der Waals surface area contributed by atoms with Gasteiger partial charge in [0.25, 0.3) is 0 Å². The maximum Gasteiger partial charge on any atom is 0.221 e. The highest BCUT2D eigenvalue weighted by atomic mass is 16.5. The van der Waals surface area contributed by atoms with Crippen LogP contribution in [0.1, 0.15) is 25.7 Å². The number of carbonyl (C=O) groups is 1. The van der Waals surface area contributed by atoms with Crippen molar-refractivity contribution in [2.24, 2.45) is 5.73 Å². The van der Waals surface area contributed by atoms with E-state index in [0.717, 1.165) is 12.8 Å². The van der Waals surface area contributed by atoms with Crippen molar-refractivity contribution in [2.45, 2.75) is 31.3 Å². The maximum atomic E-state index is 11.1. The van der Waals surface area contributed by atoms with Gasteiger partial charge in [-0.25, -0.2) is 0 Å². The number of rotatable bonds is 5. The van der Waals surface area contributed by atoms with Crippen molar-refractivity contribution in [1.82, 2.24) is 5.32 Å². The Morgan fingerprint density at radius 3 is 2.69 bits per heavy atom. The Bertz CT molecular complexity index is 173. The lowest BCUT2D eigenvalue weighted by Gasteiger charge is -2.40. The molecule has 1 fully saturated rings. The molecule has 0 aliphatic heterocycles. The summed E-state index contributed by atoms with van der Waals surface area (Å²) < 4.78 is 5.36. The Balaban J connectivity index is 2.20. The van der Waals surface area contributed by atoms with Crippen LogP contribution >= 0.6 is 0 Å². The molecule has 13 heavy (non-hydrogen) atoms. The first kappa shape index (κ1) is 10.5. The Morgan fingerprint density at radius 2 is 2.31 bits per heavy atom. The summed E-state index contributed by atoms with van der Waals surface area (Å²) in [6, 6.07) is 0. The van der Waals surface area contributed by atoms with Gasteiger partial charge >= 0.3 is 0 Å². The van der Waals surface area contributed by atoms with Gasteiger partial charge in [0.1, 0.15) is 0 Å². The molecule has 1 amide bonds. The molecule has 4 nitrogen and oxygen atoms in total. The summed E-state index contributed by atoms with van der Waals surface area (Å²) in [5, 5.41) is 2.83. The average molecular weight is 186 g/mol. The van der Waals surface area contributed by atoms with Crippen molar-refractivity contribution >= 4 is 5.91 Å². The minimum atomic E-state index is -0.0791. The van der Waals surface area contributed by atoms with Gasteiger partial charge in [0.15, 0.2) is 0 Å². The number of nitrogens with one attached hydrogen (secondary N) is 1. The fraction of sp³-hybridized carbons (Fsp3) is 0.889. The Labute approximate surface area is 78.8 Å². The van der Waals surface area contributed by atoms with Gasteiger partial charge in [0, 0.05) is 26.6 Å². The van der Waals surface area contributed by atoms with Crippen molar-refractivity contribution in [3.63, 3.8) is 0 Å². The van der Waals surface area contributed by atoms with Crippen molar-refractivity contribution in [1.29, 1.82) is 0 Å². The van der Waals surface area contributed by atoms with Crippen LogP contribution in [0.4, 0.5) is 0 Å². The summed E-state index contributed by atoms with van der Waals surface area (Å²) >= 11 is 0. The highest BCUT2D eigenvalue weighted by Crippen LogP contribution is 2.34. The summed E-state index contributed by atoms with van der Waals surface area (Å²) in [5.41, 5.74) is 5.18. The third-order valence-corrected chi connectivity index (χ3v) is 2.68. The fourth-order valence-electron chi connectivity index (χ4n) is 1.50. The second kappa shape index (κ2) is 4.58. The molecule has 0 aromatic carbocycles. The van der Waals surface area contributed by atoms with E-state index in [0.29, 0.717) is 19.5 Å². The van der Waals surface area contributed by atoms with Crippen molar-refractivity contribution in [3.8, 4) is 0 Å². The van der Waals surface area contributed by atoms with E-state index in [1.807, 2.05) is 0 Å². The van der Waals surface area contributed by atoms with Crippen molar-refractivity contribution < 1.29 is 9.53 Å². The van der Waals surface area contributed by atoms with Crippen LogP contribution in [-0.4, -0.2) is 31.7 Å². The highest BCUT2D eigenvalue weighted by molar-refractivity contribution is 5.76. The van der Waals surface area contributed by atoms with Crippen LogP contribution in [0, 0.1) is 0 Å². The molecule has 1 aliphatic rings. The average Bonchev–Trinajstić information content (AvgIpc) is 2.04.